The first-order valence-electron chi connectivity index (χ1n) is 12.6. The molecule has 0 spiro atoms. The molecule has 1 amide bonds. The summed E-state index contributed by atoms with van der Waals surface area (Å²) in [6, 6.07) is 15.3. The Morgan fingerprint density at radius 1 is 1.02 bits per heavy atom. The molecule has 4 N–H and O–H groups in total. The minimum absolute atomic E-state index is 0.0767. The van der Waals surface area contributed by atoms with Crippen molar-refractivity contribution in [1.29, 1.82) is 0 Å². The van der Waals surface area contributed by atoms with E-state index in [0.29, 0.717) is 12.2 Å². The van der Waals surface area contributed by atoms with Crippen molar-refractivity contribution < 1.29 is 38.5 Å². The van der Waals surface area contributed by atoms with Gasteiger partial charge in [-0.2, -0.15) is 0 Å². The van der Waals surface area contributed by atoms with E-state index in [1.54, 1.807) is 7.11 Å². The third kappa shape index (κ3) is 8.73. The number of aromatic amines is 1. The Hall–Kier alpha value is -4.58. The number of amides is 1. The van der Waals surface area contributed by atoms with Crippen molar-refractivity contribution in [2.75, 3.05) is 64.6 Å². The Labute approximate surface area is 230 Å². The van der Waals surface area contributed by atoms with E-state index >= 15 is 0 Å². The maximum Gasteiger partial charge on any atom is 0.414 e. The average Bonchev–Trinajstić information content (AvgIpc) is 3.40. The molecule has 1 saturated heterocycles. The zero-order valence-electron chi connectivity index (χ0n) is 22.1. The van der Waals surface area contributed by atoms with Gasteiger partial charge in [-0.25, -0.2) is 14.0 Å². The van der Waals surface area contributed by atoms with Crippen molar-refractivity contribution >= 4 is 34.4 Å². The number of ether oxygens (including phenoxy) is 2. The number of H-pyrrole nitrogens is 1. The number of aliphatic carboxylic acids is 2. The number of rotatable bonds is 10. The monoisotopic (exact) mass is 556 g/mol. The number of alkyl halides is 1. The second kappa shape index (κ2) is 15.1. The van der Waals surface area contributed by atoms with Gasteiger partial charge >= 0.3 is 11.9 Å². The second-order valence-electron chi connectivity index (χ2n) is 8.72. The molecule has 0 saturated carbocycles. The van der Waals surface area contributed by atoms with Crippen molar-refractivity contribution in [2.24, 2.45) is 0 Å². The summed E-state index contributed by atoms with van der Waals surface area (Å²) in [5.41, 5.74) is 2.45. The second-order valence-corrected chi connectivity index (χ2v) is 8.72. The normalized spacial score (nSPS) is 13.5. The van der Waals surface area contributed by atoms with E-state index in [4.69, 9.17) is 29.3 Å². The summed E-state index contributed by atoms with van der Waals surface area (Å²) in [4.78, 5) is 38.4. The van der Waals surface area contributed by atoms with Crippen molar-refractivity contribution in [3.63, 3.8) is 0 Å². The number of nitrogens with zero attached hydrogens (tertiary/aromatic N) is 2. The van der Waals surface area contributed by atoms with Gasteiger partial charge in [0.2, 0.25) is 0 Å². The predicted octanol–water partition coefficient (Wildman–Crippen LogP) is 2.79. The standard InChI is InChI=1S/C26H31FN4O3.C2H2O4/c1-33-21-8-9-22-20(18-21)19-23(29-22)26(32)28-11-4-5-12-30-13-15-31(16-14-30)24-6-2-3-7-25(24)34-17-10-27;3-1(4)2(5)6/h2-9,18-19,29H,10-17H2,1H3,(H,28,32);(H,3,4)(H,5,6)/b5-4+;. The van der Waals surface area contributed by atoms with Gasteiger partial charge in [0.1, 0.15) is 30.5 Å². The Balaban J connectivity index is 0.000000663. The lowest BCUT2D eigenvalue weighted by Gasteiger charge is -2.36. The number of hydrogen-bond acceptors (Lipinski definition) is 7. The fourth-order valence-electron chi connectivity index (χ4n) is 4.07. The van der Waals surface area contributed by atoms with Gasteiger partial charge < -0.3 is 34.9 Å². The molecule has 2 heterocycles. The van der Waals surface area contributed by atoms with Gasteiger partial charge in [0.05, 0.1) is 12.8 Å². The number of anilines is 1. The maximum absolute atomic E-state index is 12.5. The van der Waals surface area contributed by atoms with E-state index in [1.165, 1.54) is 0 Å². The molecule has 214 valence electrons. The van der Waals surface area contributed by atoms with E-state index in [1.807, 2.05) is 54.6 Å². The first-order valence-corrected chi connectivity index (χ1v) is 12.6. The van der Waals surface area contributed by atoms with E-state index in [2.05, 4.69) is 26.2 Å². The Kier molecular flexibility index (Phi) is 11.3. The van der Waals surface area contributed by atoms with E-state index in [0.717, 1.165) is 60.8 Å². The zero-order valence-corrected chi connectivity index (χ0v) is 22.1. The van der Waals surface area contributed by atoms with Gasteiger partial charge in [-0.3, -0.25) is 9.69 Å². The summed E-state index contributed by atoms with van der Waals surface area (Å²) >= 11 is 0. The number of benzene rings is 2. The quantitative estimate of drug-likeness (QED) is 0.219. The van der Waals surface area contributed by atoms with Crippen LogP contribution in [-0.2, 0) is 9.59 Å². The average molecular weight is 557 g/mol. The molecule has 1 fully saturated rings. The molecule has 1 aliphatic rings. The summed E-state index contributed by atoms with van der Waals surface area (Å²) in [6.45, 7) is 4.49. The fourth-order valence-corrected chi connectivity index (χ4v) is 4.07. The lowest BCUT2D eigenvalue weighted by molar-refractivity contribution is -0.159. The highest BCUT2D eigenvalue weighted by atomic mass is 19.1. The first kappa shape index (κ1) is 30.0. The third-order valence-corrected chi connectivity index (χ3v) is 6.08. The number of carboxylic acid groups (broad SMARTS) is 2. The number of fused-ring (bicyclic) bond motifs is 1. The van der Waals surface area contributed by atoms with Crippen LogP contribution in [0.1, 0.15) is 10.5 Å². The number of piperazine rings is 1. The number of carboxylic acids is 2. The molecule has 2 aromatic carbocycles. The van der Waals surface area contributed by atoms with Gasteiger partial charge in [-0.15, -0.1) is 0 Å². The van der Waals surface area contributed by atoms with Crippen molar-refractivity contribution in [3.05, 3.63) is 66.4 Å². The molecule has 0 bridgehead atoms. The first-order chi connectivity index (χ1) is 19.3. The molecule has 11 nitrogen and oxygen atoms in total. The van der Waals surface area contributed by atoms with Crippen LogP contribution in [0.3, 0.4) is 0 Å². The largest absolute Gasteiger partial charge is 0.497 e. The molecule has 1 aliphatic heterocycles. The molecular weight excluding hydrogens is 523 g/mol. The molecule has 12 heteroatoms. The van der Waals surface area contributed by atoms with Crippen LogP contribution in [-0.4, -0.2) is 97.6 Å². The van der Waals surface area contributed by atoms with Crippen molar-refractivity contribution in [2.45, 2.75) is 0 Å². The number of halogens is 1. The summed E-state index contributed by atoms with van der Waals surface area (Å²) in [5.74, 6) is -2.29. The molecule has 40 heavy (non-hydrogen) atoms. The zero-order chi connectivity index (χ0) is 28.9. The number of aromatic nitrogens is 1. The van der Waals surface area contributed by atoms with Crippen molar-refractivity contribution in [3.8, 4) is 11.5 Å². The number of hydrogen-bond donors (Lipinski definition) is 4. The van der Waals surface area contributed by atoms with Gasteiger partial charge in [0.25, 0.3) is 5.91 Å². The van der Waals surface area contributed by atoms with Crippen LogP contribution >= 0.6 is 0 Å². The number of carbonyl (C=O) groups is 3. The molecule has 3 aromatic rings. The van der Waals surface area contributed by atoms with Gasteiger partial charge in [-0.05, 0) is 36.4 Å². The molecule has 1 aromatic heterocycles. The molecular formula is C28H33FN4O7. The van der Waals surface area contributed by atoms with Crippen LogP contribution in [0.15, 0.2) is 60.7 Å². The summed E-state index contributed by atoms with van der Waals surface area (Å²) in [7, 11) is 1.62. The van der Waals surface area contributed by atoms with Crippen LogP contribution in [0.25, 0.3) is 10.9 Å². The third-order valence-electron chi connectivity index (χ3n) is 6.08. The van der Waals surface area contributed by atoms with Crippen LogP contribution in [0, 0.1) is 0 Å². The summed E-state index contributed by atoms with van der Waals surface area (Å²) < 4.78 is 23.3. The predicted molar refractivity (Wildman–Crippen MR) is 148 cm³/mol. The SMILES string of the molecule is COc1ccc2[nH]c(C(=O)NC/C=C/CN3CCN(c4ccccc4OCCF)CC3)cc2c1.O=C(O)C(=O)O. The minimum Gasteiger partial charge on any atom is -0.497 e. The van der Waals surface area contributed by atoms with Crippen LogP contribution in [0.5, 0.6) is 11.5 Å². The topological polar surface area (TPSA) is 144 Å². The Morgan fingerprint density at radius 2 is 1.75 bits per heavy atom. The molecule has 0 atom stereocenters. The number of methoxy groups -OCH3 is 1. The molecule has 4 rings (SSSR count). The summed E-state index contributed by atoms with van der Waals surface area (Å²) in [5, 5.41) is 18.6. The molecule has 0 aliphatic carbocycles. The van der Waals surface area contributed by atoms with Crippen molar-refractivity contribution in [1.82, 2.24) is 15.2 Å². The van der Waals surface area contributed by atoms with Gasteiger partial charge in [0, 0.05) is 50.2 Å². The molecule has 0 radical (unpaired) electrons. The van der Waals surface area contributed by atoms with E-state index in [-0.39, 0.29) is 12.5 Å². The highest BCUT2D eigenvalue weighted by molar-refractivity contribution is 6.27. The number of nitrogens with one attached hydrogen (secondary N) is 2. The van der Waals surface area contributed by atoms with Crippen LogP contribution in [0.2, 0.25) is 0 Å². The van der Waals surface area contributed by atoms with Crippen LogP contribution < -0.4 is 19.7 Å². The van der Waals surface area contributed by atoms with Gasteiger partial charge in [0.15, 0.2) is 0 Å². The van der Waals surface area contributed by atoms with E-state index in [9.17, 15) is 9.18 Å². The molecule has 0 unspecified atom stereocenters. The smallest absolute Gasteiger partial charge is 0.414 e. The van der Waals surface area contributed by atoms with Gasteiger partial charge in [-0.1, -0.05) is 24.3 Å². The lowest BCUT2D eigenvalue weighted by Crippen LogP contribution is -2.46. The Bertz CT molecular complexity index is 1310. The highest BCUT2D eigenvalue weighted by Gasteiger charge is 2.19. The highest BCUT2D eigenvalue weighted by Crippen LogP contribution is 2.28. The Morgan fingerprint density at radius 3 is 2.42 bits per heavy atom. The summed E-state index contributed by atoms with van der Waals surface area (Å²) in [6.07, 6.45) is 4.07. The maximum atomic E-state index is 12.5. The van der Waals surface area contributed by atoms with Crippen LogP contribution in [0.4, 0.5) is 10.1 Å². The van der Waals surface area contributed by atoms with E-state index < -0.39 is 18.6 Å². The number of carbonyl (C=O) groups excluding carboxylic acids is 1. The number of para-hydroxylation sites is 2. The fraction of sp³-hybridized carbons (Fsp3) is 0.321. The minimum atomic E-state index is -1.82. The lowest BCUT2D eigenvalue weighted by atomic mass is 10.2.